The Morgan fingerprint density at radius 1 is 1.21 bits per heavy atom. The minimum atomic E-state index is -0.150. The average Bonchev–Trinajstić information content (AvgIpc) is 2.60. The van der Waals surface area contributed by atoms with Gasteiger partial charge in [0.2, 0.25) is 5.91 Å². The molecule has 2 atom stereocenters. The topological polar surface area (TPSA) is 38.3 Å². The van der Waals surface area contributed by atoms with Crippen molar-refractivity contribution in [2.75, 3.05) is 7.11 Å². The molecule has 0 saturated heterocycles. The van der Waals surface area contributed by atoms with Crippen molar-refractivity contribution in [2.24, 2.45) is 0 Å². The van der Waals surface area contributed by atoms with E-state index in [4.69, 9.17) is 16.3 Å². The number of carbonyl (C=O) groups is 1. The molecule has 0 aliphatic rings. The molecule has 0 aliphatic carbocycles. The largest absolute Gasteiger partial charge is 0.496 e. The predicted molar refractivity (Wildman–Crippen MR) is 101 cm³/mol. The summed E-state index contributed by atoms with van der Waals surface area (Å²) in [5, 5.41) is 3.63. The van der Waals surface area contributed by atoms with E-state index in [0.29, 0.717) is 5.02 Å². The van der Waals surface area contributed by atoms with Crippen LogP contribution >= 0.6 is 23.4 Å². The third-order valence-electron chi connectivity index (χ3n) is 3.72. The number of carbonyl (C=O) groups excluding carboxylic acids is 1. The molecule has 1 N–H and O–H groups in total. The molecule has 0 aliphatic heterocycles. The number of amides is 1. The van der Waals surface area contributed by atoms with Gasteiger partial charge in [-0.05, 0) is 43.7 Å². The zero-order valence-electron chi connectivity index (χ0n) is 14.1. The number of para-hydroxylation sites is 1. The lowest BCUT2D eigenvalue weighted by Crippen LogP contribution is -2.34. The second-order valence-corrected chi connectivity index (χ2v) is 7.15. The van der Waals surface area contributed by atoms with Crippen LogP contribution in [0.5, 0.6) is 5.75 Å². The van der Waals surface area contributed by atoms with Crippen LogP contribution in [0.1, 0.15) is 31.9 Å². The number of hydrogen-bond acceptors (Lipinski definition) is 3. The molecule has 24 heavy (non-hydrogen) atoms. The summed E-state index contributed by atoms with van der Waals surface area (Å²) in [6.07, 6.45) is 0.748. The molecule has 128 valence electrons. The maximum Gasteiger partial charge on any atom is 0.233 e. The third-order valence-corrected chi connectivity index (χ3v) is 5.35. The highest BCUT2D eigenvalue weighted by molar-refractivity contribution is 8.00. The van der Waals surface area contributed by atoms with E-state index in [1.165, 1.54) is 0 Å². The Kier molecular flexibility index (Phi) is 7.00. The van der Waals surface area contributed by atoms with Gasteiger partial charge < -0.3 is 10.1 Å². The SMILES string of the molecule is CCC(Sc1ccc(Cl)cc1)C(=O)NC(C)c1ccccc1OC. The molecule has 0 radical (unpaired) electrons. The summed E-state index contributed by atoms with van der Waals surface area (Å²) in [6, 6.07) is 15.2. The van der Waals surface area contributed by atoms with Crippen molar-refractivity contribution in [3.8, 4) is 5.75 Å². The van der Waals surface area contributed by atoms with E-state index < -0.39 is 0 Å². The predicted octanol–water partition coefficient (Wildman–Crippen LogP) is 5.10. The normalized spacial score (nSPS) is 13.2. The van der Waals surface area contributed by atoms with E-state index in [1.807, 2.05) is 62.4 Å². The maximum atomic E-state index is 12.6. The Bertz CT molecular complexity index is 675. The van der Waals surface area contributed by atoms with E-state index >= 15 is 0 Å². The fraction of sp³-hybridized carbons (Fsp3) is 0.316. The third kappa shape index (κ3) is 4.92. The Morgan fingerprint density at radius 3 is 2.50 bits per heavy atom. The van der Waals surface area contributed by atoms with Crippen LogP contribution in [-0.2, 0) is 4.79 Å². The number of ether oxygens (including phenoxy) is 1. The van der Waals surface area contributed by atoms with Crippen LogP contribution in [0.3, 0.4) is 0 Å². The Morgan fingerprint density at radius 2 is 1.88 bits per heavy atom. The second-order valence-electron chi connectivity index (χ2n) is 5.44. The van der Waals surface area contributed by atoms with Gasteiger partial charge >= 0.3 is 0 Å². The molecular weight excluding hydrogens is 342 g/mol. The van der Waals surface area contributed by atoms with E-state index in [2.05, 4.69) is 5.32 Å². The zero-order chi connectivity index (χ0) is 17.5. The molecule has 2 aromatic rings. The summed E-state index contributed by atoms with van der Waals surface area (Å²) < 4.78 is 5.37. The molecule has 2 rings (SSSR count). The van der Waals surface area contributed by atoms with Crippen LogP contribution in [-0.4, -0.2) is 18.3 Å². The van der Waals surface area contributed by atoms with Gasteiger partial charge in [-0.15, -0.1) is 11.8 Å². The van der Waals surface area contributed by atoms with Gasteiger partial charge in [0.05, 0.1) is 18.4 Å². The Labute approximate surface area is 152 Å². The minimum Gasteiger partial charge on any atom is -0.496 e. The summed E-state index contributed by atoms with van der Waals surface area (Å²) in [7, 11) is 1.64. The molecule has 2 aromatic carbocycles. The Balaban J connectivity index is 2.04. The van der Waals surface area contributed by atoms with Gasteiger partial charge in [-0.3, -0.25) is 4.79 Å². The monoisotopic (exact) mass is 363 g/mol. The lowest BCUT2D eigenvalue weighted by atomic mass is 10.1. The number of rotatable bonds is 7. The van der Waals surface area contributed by atoms with Crippen LogP contribution in [0.15, 0.2) is 53.4 Å². The summed E-state index contributed by atoms with van der Waals surface area (Å²) in [5.41, 5.74) is 0.972. The highest BCUT2D eigenvalue weighted by Gasteiger charge is 2.21. The van der Waals surface area contributed by atoms with Crippen LogP contribution in [0.2, 0.25) is 5.02 Å². The van der Waals surface area contributed by atoms with Crippen molar-refractivity contribution in [3.63, 3.8) is 0 Å². The molecule has 0 fully saturated rings. The standard InChI is InChI=1S/C19H22ClNO2S/c1-4-18(24-15-11-9-14(20)10-12-15)19(22)21-13(2)16-7-5-6-8-17(16)23-3/h5-13,18H,4H2,1-3H3,(H,21,22). The summed E-state index contributed by atoms with van der Waals surface area (Å²) in [6.45, 7) is 3.98. The minimum absolute atomic E-state index is 0.0239. The van der Waals surface area contributed by atoms with Gasteiger partial charge in [-0.1, -0.05) is 36.7 Å². The first-order chi connectivity index (χ1) is 11.5. The second kappa shape index (κ2) is 9.00. The van der Waals surface area contributed by atoms with Crippen molar-refractivity contribution >= 4 is 29.3 Å². The van der Waals surface area contributed by atoms with Crippen molar-refractivity contribution in [2.45, 2.75) is 36.5 Å². The van der Waals surface area contributed by atoms with Gasteiger partial charge in [0.25, 0.3) is 0 Å². The van der Waals surface area contributed by atoms with Crippen LogP contribution < -0.4 is 10.1 Å². The van der Waals surface area contributed by atoms with Gasteiger partial charge in [0.15, 0.2) is 0 Å². The first-order valence-corrected chi connectivity index (χ1v) is 9.16. The quantitative estimate of drug-likeness (QED) is 0.696. The molecule has 0 bridgehead atoms. The lowest BCUT2D eigenvalue weighted by molar-refractivity contribution is -0.121. The highest BCUT2D eigenvalue weighted by Crippen LogP contribution is 2.29. The summed E-state index contributed by atoms with van der Waals surface area (Å²) in [5.74, 6) is 0.805. The number of thioether (sulfide) groups is 1. The molecule has 0 aromatic heterocycles. The first-order valence-electron chi connectivity index (χ1n) is 7.90. The van der Waals surface area contributed by atoms with Gasteiger partial charge in [-0.2, -0.15) is 0 Å². The fourth-order valence-electron chi connectivity index (χ4n) is 2.41. The van der Waals surface area contributed by atoms with E-state index in [9.17, 15) is 4.79 Å². The van der Waals surface area contributed by atoms with Gasteiger partial charge in [-0.25, -0.2) is 0 Å². The van der Waals surface area contributed by atoms with Crippen molar-refractivity contribution in [1.29, 1.82) is 0 Å². The van der Waals surface area contributed by atoms with Crippen molar-refractivity contribution in [1.82, 2.24) is 5.32 Å². The van der Waals surface area contributed by atoms with Crippen molar-refractivity contribution < 1.29 is 9.53 Å². The number of halogens is 1. The molecule has 1 amide bonds. The fourth-order valence-corrected chi connectivity index (χ4v) is 3.50. The molecule has 3 nitrogen and oxygen atoms in total. The zero-order valence-corrected chi connectivity index (χ0v) is 15.7. The molecule has 2 unspecified atom stereocenters. The molecular formula is C19H22ClNO2S. The lowest BCUT2D eigenvalue weighted by Gasteiger charge is -2.21. The molecule has 0 heterocycles. The number of nitrogens with one attached hydrogen (secondary N) is 1. The smallest absolute Gasteiger partial charge is 0.233 e. The van der Waals surface area contributed by atoms with Gasteiger partial charge in [0, 0.05) is 15.5 Å². The molecule has 5 heteroatoms. The highest BCUT2D eigenvalue weighted by atomic mass is 35.5. The summed E-state index contributed by atoms with van der Waals surface area (Å²) >= 11 is 7.46. The molecule has 0 saturated carbocycles. The van der Waals surface area contributed by atoms with Crippen LogP contribution in [0, 0.1) is 0 Å². The maximum absolute atomic E-state index is 12.6. The van der Waals surface area contributed by atoms with Crippen molar-refractivity contribution in [3.05, 3.63) is 59.1 Å². The van der Waals surface area contributed by atoms with E-state index in [-0.39, 0.29) is 17.2 Å². The molecule has 0 spiro atoms. The number of methoxy groups -OCH3 is 1. The van der Waals surface area contributed by atoms with Gasteiger partial charge in [0.1, 0.15) is 5.75 Å². The van der Waals surface area contributed by atoms with E-state index in [0.717, 1.165) is 22.6 Å². The van der Waals surface area contributed by atoms with Crippen LogP contribution in [0.25, 0.3) is 0 Å². The van der Waals surface area contributed by atoms with Crippen LogP contribution in [0.4, 0.5) is 0 Å². The summed E-state index contributed by atoms with van der Waals surface area (Å²) in [4.78, 5) is 13.7. The van der Waals surface area contributed by atoms with E-state index in [1.54, 1.807) is 18.9 Å². The first kappa shape index (κ1) is 18.7. The number of benzene rings is 2. The average molecular weight is 364 g/mol. The number of hydrogen-bond donors (Lipinski definition) is 1. The Hall–Kier alpha value is -1.65.